The van der Waals surface area contributed by atoms with E-state index in [2.05, 4.69) is 11.9 Å². The van der Waals surface area contributed by atoms with Crippen molar-refractivity contribution in [2.75, 3.05) is 13.1 Å². The molecule has 5 nitrogen and oxygen atoms in total. The Balaban J connectivity index is 1.46. The summed E-state index contributed by atoms with van der Waals surface area (Å²) in [5.74, 6) is -0.309. The van der Waals surface area contributed by atoms with Gasteiger partial charge in [-0.1, -0.05) is 25.1 Å². The van der Waals surface area contributed by atoms with Crippen molar-refractivity contribution < 1.29 is 14.3 Å². The number of aryl methyl sites for hydroxylation is 1. The fourth-order valence-electron chi connectivity index (χ4n) is 4.28. The van der Waals surface area contributed by atoms with Crippen LogP contribution in [0, 0.1) is 0 Å². The number of aromatic nitrogens is 1. The summed E-state index contributed by atoms with van der Waals surface area (Å²) >= 11 is 1.63. The second kappa shape index (κ2) is 6.41. The van der Waals surface area contributed by atoms with Crippen LogP contribution in [0.5, 0.6) is 0 Å². The minimum atomic E-state index is -0.717. The Labute approximate surface area is 166 Å². The third-order valence-corrected chi connectivity index (χ3v) is 6.81. The van der Waals surface area contributed by atoms with Crippen molar-refractivity contribution in [3.05, 3.63) is 64.2 Å². The number of ether oxygens (including phenoxy) is 1. The molecule has 0 N–H and O–H groups in total. The van der Waals surface area contributed by atoms with Crippen LogP contribution in [0.15, 0.2) is 42.5 Å². The zero-order chi connectivity index (χ0) is 19.3. The van der Waals surface area contributed by atoms with Crippen molar-refractivity contribution in [1.29, 1.82) is 0 Å². The van der Waals surface area contributed by atoms with E-state index in [1.807, 2.05) is 41.3 Å². The largest absolute Gasteiger partial charge is 0.449 e. The first-order valence-corrected chi connectivity index (χ1v) is 10.4. The number of fused-ring (bicyclic) bond motifs is 3. The van der Waals surface area contributed by atoms with E-state index >= 15 is 0 Å². The summed E-state index contributed by atoms with van der Waals surface area (Å²) in [5.41, 5.74) is 2.41. The number of hydrogen-bond acceptors (Lipinski definition) is 5. The van der Waals surface area contributed by atoms with Crippen LogP contribution in [0.2, 0.25) is 0 Å². The molecule has 0 radical (unpaired) electrons. The smallest absolute Gasteiger partial charge is 0.339 e. The van der Waals surface area contributed by atoms with Gasteiger partial charge in [0.1, 0.15) is 0 Å². The second-order valence-electron chi connectivity index (χ2n) is 7.40. The number of carbonyl (C=O) groups is 2. The summed E-state index contributed by atoms with van der Waals surface area (Å²) in [6, 6.07) is 13.2. The maximum Gasteiger partial charge on any atom is 0.339 e. The van der Waals surface area contributed by atoms with E-state index < -0.39 is 5.60 Å². The van der Waals surface area contributed by atoms with Crippen molar-refractivity contribution in [3.8, 4) is 0 Å². The number of esters is 1. The monoisotopic (exact) mass is 392 g/mol. The molecule has 1 saturated heterocycles. The lowest BCUT2D eigenvalue weighted by Crippen LogP contribution is -2.48. The van der Waals surface area contributed by atoms with E-state index in [9.17, 15) is 9.59 Å². The van der Waals surface area contributed by atoms with Gasteiger partial charge in [-0.2, -0.15) is 0 Å². The third kappa shape index (κ3) is 2.63. The predicted molar refractivity (Wildman–Crippen MR) is 108 cm³/mol. The molecule has 2 aromatic carbocycles. The number of benzene rings is 2. The molecule has 1 fully saturated rings. The fraction of sp³-hybridized carbons (Fsp3) is 0.318. The lowest BCUT2D eigenvalue weighted by Gasteiger charge is -2.39. The Kier molecular flexibility index (Phi) is 3.98. The first-order valence-electron chi connectivity index (χ1n) is 9.61. The van der Waals surface area contributed by atoms with Gasteiger partial charge in [0, 0.05) is 17.7 Å². The predicted octanol–water partition coefficient (Wildman–Crippen LogP) is 4.16. The van der Waals surface area contributed by atoms with Crippen LogP contribution in [0.3, 0.4) is 0 Å². The van der Waals surface area contributed by atoms with Crippen LogP contribution in [0.4, 0.5) is 0 Å². The normalized spacial score (nSPS) is 21.2. The van der Waals surface area contributed by atoms with Gasteiger partial charge in [0.2, 0.25) is 0 Å². The number of rotatable bonds is 2. The molecule has 3 aromatic rings. The van der Waals surface area contributed by atoms with Gasteiger partial charge in [-0.25, -0.2) is 9.78 Å². The molecule has 2 aliphatic rings. The maximum absolute atomic E-state index is 13.2. The van der Waals surface area contributed by atoms with Crippen LogP contribution >= 0.6 is 11.3 Å². The average Bonchev–Trinajstić information content (AvgIpc) is 3.26. The van der Waals surface area contributed by atoms with Gasteiger partial charge >= 0.3 is 5.97 Å². The molecule has 1 aromatic heterocycles. The summed E-state index contributed by atoms with van der Waals surface area (Å²) in [6.45, 7) is 3.15. The fourth-order valence-corrected chi connectivity index (χ4v) is 5.23. The van der Waals surface area contributed by atoms with Gasteiger partial charge in [0.15, 0.2) is 5.60 Å². The number of amides is 1. The van der Waals surface area contributed by atoms with Gasteiger partial charge in [-0.3, -0.25) is 4.79 Å². The molecule has 6 heteroatoms. The van der Waals surface area contributed by atoms with E-state index in [0.29, 0.717) is 24.2 Å². The van der Waals surface area contributed by atoms with Gasteiger partial charge in [-0.05, 0) is 43.5 Å². The van der Waals surface area contributed by atoms with Crippen LogP contribution in [-0.4, -0.2) is 34.8 Å². The molecular formula is C22H20N2O3S. The molecule has 3 heterocycles. The van der Waals surface area contributed by atoms with Gasteiger partial charge < -0.3 is 9.64 Å². The van der Waals surface area contributed by atoms with Gasteiger partial charge in [0.25, 0.3) is 5.91 Å². The van der Waals surface area contributed by atoms with Gasteiger partial charge in [-0.15, -0.1) is 11.3 Å². The number of carbonyl (C=O) groups excluding carboxylic acids is 2. The summed E-state index contributed by atoms with van der Waals surface area (Å²) in [5, 5.41) is 1.07. The summed E-state index contributed by atoms with van der Waals surface area (Å²) in [7, 11) is 0. The number of hydrogen-bond donors (Lipinski definition) is 0. The van der Waals surface area contributed by atoms with E-state index in [4.69, 9.17) is 4.74 Å². The molecule has 2 aliphatic heterocycles. The Morgan fingerprint density at radius 2 is 2.14 bits per heavy atom. The van der Waals surface area contributed by atoms with E-state index in [-0.39, 0.29) is 11.9 Å². The van der Waals surface area contributed by atoms with E-state index in [1.54, 1.807) is 17.4 Å². The molecule has 1 unspecified atom stereocenters. The highest BCUT2D eigenvalue weighted by atomic mass is 32.1. The minimum absolute atomic E-state index is 0.0205. The van der Waals surface area contributed by atoms with Crippen LogP contribution in [0.1, 0.15) is 51.1 Å². The SMILES string of the molecule is CCc1nc2ccc(C(=O)N3CCCC4(C3)OC(=O)c3ccccc34)cc2s1. The minimum Gasteiger partial charge on any atom is -0.449 e. The molecular weight excluding hydrogens is 372 g/mol. The lowest BCUT2D eigenvalue weighted by atomic mass is 9.85. The Morgan fingerprint density at radius 1 is 1.29 bits per heavy atom. The number of nitrogens with zero attached hydrogens (tertiary/aromatic N) is 2. The molecule has 0 saturated carbocycles. The van der Waals surface area contributed by atoms with Crippen molar-refractivity contribution >= 4 is 33.4 Å². The van der Waals surface area contributed by atoms with E-state index in [1.165, 1.54) is 0 Å². The summed E-state index contributed by atoms with van der Waals surface area (Å²) in [6.07, 6.45) is 2.44. The zero-order valence-electron chi connectivity index (χ0n) is 15.6. The standard InChI is InChI=1S/C22H20N2O3S/c1-2-19-23-17-9-8-14(12-18(17)28-19)20(25)24-11-5-10-22(13-24)16-7-4-3-6-15(16)21(26)27-22/h3-4,6-9,12H,2,5,10-11,13H2,1H3. The van der Waals surface area contributed by atoms with Crippen molar-refractivity contribution in [3.63, 3.8) is 0 Å². The lowest BCUT2D eigenvalue weighted by molar-refractivity contribution is -0.0442. The number of thiazole rings is 1. The van der Waals surface area contributed by atoms with Crippen molar-refractivity contribution in [2.24, 2.45) is 0 Å². The summed E-state index contributed by atoms with van der Waals surface area (Å²) < 4.78 is 6.86. The topological polar surface area (TPSA) is 59.5 Å². The van der Waals surface area contributed by atoms with Crippen molar-refractivity contribution in [2.45, 2.75) is 31.8 Å². The quantitative estimate of drug-likeness (QED) is 0.615. The Morgan fingerprint density at radius 3 is 3.00 bits per heavy atom. The molecule has 0 bridgehead atoms. The summed E-state index contributed by atoms with van der Waals surface area (Å²) in [4.78, 5) is 31.9. The Bertz CT molecular complexity index is 1110. The molecule has 5 rings (SSSR count). The van der Waals surface area contributed by atoms with Crippen LogP contribution in [-0.2, 0) is 16.8 Å². The highest BCUT2D eigenvalue weighted by Gasteiger charge is 2.48. The molecule has 1 spiro atoms. The average molecular weight is 392 g/mol. The Hall–Kier alpha value is -2.73. The number of likely N-dealkylation sites (tertiary alicyclic amines) is 1. The number of piperidine rings is 1. The first-order chi connectivity index (χ1) is 13.6. The van der Waals surface area contributed by atoms with Crippen LogP contribution < -0.4 is 0 Å². The van der Waals surface area contributed by atoms with E-state index in [0.717, 1.165) is 40.1 Å². The highest BCUT2D eigenvalue weighted by Crippen LogP contribution is 2.43. The third-order valence-electron chi connectivity index (χ3n) is 5.65. The van der Waals surface area contributed by atoms with Crippen molar-refractivity contribution in [1.82, 2.24) is 9.88 Å². The van der Waals surface area contributed by atoms with Gasteiger partial charge in [0.05, 0.1) is 27.3 Å². The zero-order valence-corrected chi connectivity index (χ0v) is 16.4. The molecule has 28 heavy (non-hydrogen) atoms. The second-order valence-corrected chi connectivity index (χ2v) is 8.52. The molecule has 1 amide bonds. The van der Waals surface area contributed by atoms with Crippen LogP contribution in [0.25, 0.3) is 10.2 Å². The maximum atomic E-state index is 13.2. The molecule has 0 aliphatic carbocycles. The first kappa shape index (κ1) is 17.4. The molecule has 1 atom stereocenters. The molecule has 142 valence electrons. The highest BCUT2D eigenvalue weighted by molar-refractivity contribution is 7.18.